The minimum Gasteiger partial charge on any atom is -0.289 e. The van der Waals surface area contributed by atoms with E-state index in [1.165, 1.54) is 12.1 Å². The Balaban J connectivity index is 1.83. The van der Waals surface area contributed by atoms with E-state index in [0.29, 0.717) is 5.69 Å². The van der Waals surface area contributed by atoms with Crippen LogP contribution in [-0.4, -0.2) is 11.6 Å². The van der Waals surface area contributed by atoms with E-state index >= 15 is 0 Å². The lowest BCUT2D eigenvalue weighted by Gasteiger charge is -2.17. The maximum atomic E-state index is 12.9. The van der Waals surface area contributed by atoms with Crippen molar-refractivity contribution in [2.45, 2.75) is 6.18 Å². The molecule has 0 unspecified atom stereocenters. The molecule has 9 heteroatoms. The molecule has 1 fully saturated rings. The number of carbonyl (C=O) groups is 1. The normalized spacial score (nSPS) is 16.2. The molecular weight excluding hydrogens is 413 g/mol. The van der Waals surface area contributed by atoms with Gasteiger partial charge in [0.15, 0.2) is 5.71 Å². The Morgan fingerprint density at radius 3 is 2.50 bits per heavy atom. The second kappa shape index (κ2) is 6.83. The zero-order valence-corrected chi connectivity index (χ0v) is 14.7. The second-order valence-corrected chi connectivity index (χ2v) is 6.27. The van der Waals surface area contributed by atoms with Crippen LogP contribution in [0.3, 0.4) is 0 Å². The minimum atomic E-state index is -4.50. The van der Waals surface area contributed by atoms with Crippen LogP contribution in [0.1, 0.15) is 5.56 Å². The average Bonchev–Trinajstić information content (AvgIpc) is 2.88. The second-order valence-electron chi connectivity index (χ2n) is 5.36. The SMILES string of the molecule is C=C1NN(c2cccc(C(F)(F)F)c2)C(=O)/C1=N/Nc1ccc(Br)cc1. The van der Waals surface area contributed by atoms with Crippen LogP contribution in [0.5, 0.6) is 0 Å². The standard InChI is InChI=1S/C17H12BrF3N4O/c1-10-15(23-22-13-7-5-12(18)6-8-13)16(26)25(24-10)14-4-2-3-11(9-14)17(19,20)21/h2-9,22,24H,1H2/b23-15+. The Morgan fingerprint density at radius 2 is 1.85 bits per heavy atom. The average molecular weight is 425 g/mol. The van der Waals surface area contributed by atoms with Gasteiger partial charge >= 0.3 is 6.18 Å². The highest BCUT2D eigenvalue weighted by atomic mass is 79.9. The van der Waals surface area contributed by atoms with E-state index in [9.17, 15) is 18.0 Å². The first-order valence-corrected chi connectivity index (χ1v) is 8.12. The van der Waals surface area contributed by atoms with Crippen molar-refractivity contribution in [1.82, 2.24) is 5.43 Å². The minimum absolute atomic E-state index is 0.0228. The van der Waals surface area contributed by atoms with E-state index in [0.717, 1.165) is 21.6 Å². The number of amides is 1. The number of hydrazone groups is 1. The third-order valence-corrected chi connectivity index (χ3v) is 4.04. The zero-order valence-electron chi connectivity index (χ0n) is 13.1. The van der Waals surface area contributed by atoms with Gasteiger partial charge in [0.1, 0.15) is 0 Å². The largest absolute Gasteiger partial charge is 0.416 e. The molecule has 2 aromatic carbocycles. The summed E-state index contributed by atoms with van der Waals surface area (Å²) in [6.07, 6.45) is -4.50. The fraction of sp³-hybridized carbons (Fsp3) is 0.0588. The summed E-state index contributed by atoms with van der Waals surface area (Å²) in [4.78, 5) is 12.5. The number of alkyl halides is 3. The predicted molar refractivity (Wildman–Crippen MR) is 96.4 cm³/mol. The summed E-state index contributed by atoms with van der Waals surface area (Å²) in [6.45, 7) is 3.69. The summed E-state index contributed by atoms with van der Waals surface area (Å²) in [6, 6.07) is 11.5. The highest BCUT2D eigenvalue weighted by Gasteiger charge is 2.35. The highest BCUT2D eigenvalue weighted by molar-refractivity contribution is 9.10. The van der Waals surface area contributed by atoms with Gasteiger partial charge < -0.3 is 0 Å². The van der Waals surface area contributed by atoms with Gasteiger partial charge in [0, 0.05) is 4.47 Å². The maximum Gasteiger partial charge on any atom is 0.416 e. The van der Waals surface area contributed by atoms with E-state index in [1.54, 1.807) is 24.3 Å². The summed E-state index contributed by atoms with van der Waals surface area (Å²) in [5.41, 5.74) is 5.34. The van der Waals surface area contributed by atoms with Crippen molar-refractivity contribution in [1.29, 1.82) is 0 Å². The van der Waals surface area contributed by atoms with Crippen LogP contribution >= 0.6 is 15.9 Å². The number of hydrogen-bond donors (Lipinski definition) is 2. The van der Waals surface area contributed by atoms with Gasteiger partial charge in [0.25, 0.3) is 5.91 Å². The first-order chi connectivity index (χ1) is 12.3. The summed E-state index contributed by atoms with van der Waals surface area (Å²) in [5, 5.41) is 4.98. The molecule has 0 aromatic heterocycles. The van der Waals surface area contributed by atoms with Crippen LogP contribution in [0.25, 0.3) is 0 Å². The first-order valence-electron chi connectivity index (χ1n) is 7.32. The van der Waals surface area contributed by atoms with Gasteiger partial charge in [-0.3, -0.25) is 15.6 Å². The Kier molecular flexibility index (Phi) is 4.73. The molecule has 0 bridgehead atoms. The van der Waals surface area contributed by atoms with Crippen LogP contribution in [0.4, 0.5) is 24.5 Å². The Morgan fingerprint density at radius 1 is 1.15 bits per heavy atom. The van der Waals surface area contributed by atoms with Crippen LogP contribution in [-0.2, 0) is 11.0 Å². The molecule has 1 aliphatic heterocycles. The van der Waals surface area contributed by atoms with Crippen LogP contribution < -0.4 is 15.9 Å². The van der Waals surface area contributed by atoms with E-state index < -0.39 is 17.6 Å². The molecular formula is C17H12BrF3N4O. The molecule has 2 aromatic rings. The molecule has 0 spiro atoms. The van der Waals surface area contributed by atoms with Gasteiger partial charge in [-0.15, -0.1) is 0 Å². The molecule has 3 rings (SSSR count). The Bertz CT molecular complexity index is 894. The zero-order chi connectivity index (χ0) is 18.9. The Labute approximate surface area is 155 Å². The molecule has 1 amide bonds. The van der Waals surface area contributed by atoms with Gasteiger partial charge in [0.05, 0.1) is 22.6 Å². The molecule has 0 aliphatic carbocycles. The van der Waals surface area contributed by atoms with Crippen molar-refractivity contribution in [3.63, 3.8) is 0 Å². The molecule has 26 heavy (non-hydrogen) atoms. The molecule has 2 N–H and O–H groups in total. The quantitative estimate of drug-likeness (QED) is 0.722. The molecule has 5 nitrogen and oxygen atoms in total. The lowest BCUT2D eigenvalue weighted by atomic mass is 10.2. The number of hydrogen-bond acceptors (Lipinski definition) is 4. The van der Waals surface area contributed by atoms with Gasteiger partial charge in [-0.25, -0.2) is 5.01 Å². The monoisotopic (exact) mass is 424 g/mol. The number of anilines is 2. The first kappa shape index (κ1) is 18.0. The molecule has 1 heterocycles. The van der Waals surface area contributed by atoms with E-state index in [1.807, 2.05) is 0 Å². The number of nitrogens with zero attached hydrogens (tertiary/aromatic N) is 2. The number of carbonyl (C=O) groups excluding carboxylic acids is 1. The van der Waals surface area contributed by atoms with Crippen LogP contribution in [0, 0.1) is 0 Å². The molecule has 0 atom stereocenters. The molecule has 0 saturated carbocycles. The van der Waals surface area contributed by atoms with E-state index in [4.69, 9.17) is 0 Å². The molecule has 1 aliphatic rings. The van der Waals surface area contributed by atoms with Gasteiger partial charge in [-0.1, -0.05) is 28.6 Å². The van der Waals surface area contributed by atoms with Crippen molar-refractivity contribution >= 4 is 38.9 Å². The van der Waals surface area contributed by atoms with E-state index in [-0.39, 0.29) is 17.1 Å². The lowest BCUT2D eigenvalue weighted by Crippen LogP contribution is -2.34. The molecule has 1 saturated heterocycles. The topological polar surface area (TPSA) is 56.7 Å². The smallest absolute Gasteiger partial charge is 0.289 e. The summed E-state index contributed by atoms with van der Waals surface area (Å²) in [7, 11) is 0. The molecule has 0 radical (unpaired) electrons. The number of hydrazine groups is 1. The summed E-state index contributed by atoms with van der Waals surface area (Å²) in [5.74, 6) is -0.612. The van der Waals surface area contributed by atoms with Crippen molar-refractivity contribution in [2.75, 3.05) is 10.4 Å². The number of nitrogens with one attached hydrogen (secondary N) is 2. The fourth-order valence-electron chi connectivity index (χ4n) is 2.24. The predicted octanol–water partition coefficient (Wildman–Crippen LogP) is 4.30. The van der Waals surface area contributed by atoms with Crippen molar-refractivity contribution in [3.05, 3.63) is 70.8 Å². The third kappa shape index (κ3) is 3.72. The fourth-order valence-corrected chi connectivity index (χ4v) is 2.50. The van der Waals surface area contributed by atoms with Crippen molar-refractivity contribution in [3.8, 4) is 0 Å². The number of benzene rings is 2. The van der Waals surface area contributed by atoms with Crippen molar-refractivity contribution < 1.29 is 18.0 Å². The highest BCUT2D eigenvalue weighted by Crippen LogP contribution is 2.32. The Hall–Kier alpha value is -2.81. The van der Waals surface area contributed by atoms with Gasteiger partial charge in [-0.05, 0) is 42.5 Å². The van der Waals surface area contributed by atoms with E-state index in [2.05, 4.69) is 38.5 Å². The lowest BCUT2D eigenvalue weighted by molar-refractivity contribution is -0.137. The summed E-state index contributed by atoms with van der Waals surface area (Å²) < 4.78 is 39.5. The van der Waals surface area contributed by atoms with Crippen molar-refractivity contribution in [2.24, 2.45) is 5.10 Å². The van der Waals surface area contributed by atoms with Gasteiger partial charge in [0.2, 0.25) is 0 Å². The van der Waals surface area contributed by atoms with Gasteiger partial charge in [-0.2, -0.15) is 18.3 Å². The number of halogens is 4. The molecule has 134 valence electrons. The maximum absolute atomic E-state index is 12.9. The number of rotatable bonds is 3. The summed E-state index contributed by atoms with van der Waals surface area (Å²) >= 11 is 3.31. The van der Waals surface area contributed by atoms with Crippen LogP contribution in [0.15, 0.2) is 70.4 Å². The van der Waals surface area contributed by atoms with Crippen LogP contribution in [0.2, 0.25) is 0 Å². The third-order valence-electron chi connectivity index (χ3n) is 3.51.